The van der Waals surface area contributed by atoms with E-state index in [9.17, 15) is 0 Å². The van der Waals surface area contributed by atoms with Crippen molar-refractivity contribution in [2.75, 3.05) is 11.6 Å². The van der Waals surface area contributed by atoms with E-state index in [1.807, 2.05) is 43.3 Å². The van der Waals surface area contributed by atoms with Crippen molar-refractivity contribution in [3.8, 4) is 22.8 Å². The molecule has 3 heterocycles. The van der Waals surface area contributed by atoms with Gasteiger partial charge in [-0.2, -0.15) is 4.80 Å². The Bertz CT molecular complexity index is 1060. The summed E-state index contributed by atoms with van der Waals surface area (Å²) in [6, 6.07) is 11.7. The number of benzene rings is 1. The Hall–Kier alpha value is -3.14. The summed E-state index contributed by atoms with van der Waals surface area (Å²) in [7, 11) is 0. The van der Waals surface area contributed by atoms with Gasteiger partial charge >= 0.3 is 0 Å². The van der Waals surface area contributed by atoms with Crippen molar-refractivity contribution in [2.24, 2.45) is 0 Å². The van der Waals surface area contributed by atoms with Gasteiger partial charge in [0.25, 0.3) is 0 Å². The van der Waals surface area contributed by atoms with Crippen molar-refractivity contribution in [3.63, 3.8) is 0 Å². The van der Waals surface area contributed by atoms with Gasteiger partial charge in [-0.25, -0.2) is 4.68 Å². The first-order valence-corrected chi connectivity index (χ1v) is 10.4. The number of tetrazole rings is 1. The van der Waals surface area contributed by atoms with E-state index in [1.165, 1.54) is 4.68 Å². The molecule has 0 atom stereocenters. The third-order valence-electron chi connectivity index (χ3n) is 4.48. The van der Waals surface area contributed by atoms with Gasteiger partial charge in [0, 0.05) is 11.3 Å². The molecule has 0 amide bonds. The van der Waals surface area contributed by atoms with Crippen molar-refractivity contribution in [1.29, 1.82) is 0 Å². The van der Waals surface area contributed by atoms with Crippen molar-refractivity contribution < 1.29 is 4.42 Å². The molecule has 0 fully saturated rings. The van der Waals surface area contributed by atoms with Crippen LogP contribution in [0.3, 0.4) is 0 Å². The molecule has 150 valence electrons. The number of aryl methyl sites for hydroxylation is 2. The minimum absolute atomic E-state index is 0.616. The molecule has 0 saturated heterocycles. The van der Waals surface area contributed by atoms with E-state index in [0.29, 0.717) is 16.8 Å². The van der Waals surface area contributed by atoms with Crippen LogP contribution >= 0.6 is 11.8 Å². The molecule has 0 aliphatic rings. The van der Waals surface area contributed by atoms with Gasteiger partial charge in [-0.3, -0.25) is 0 Å². The number of aromatic nitrogens is 7. The fraction of sp³-hybridized carbons (Fsp3) is 0.316. The van der Waals surface area contributed by atoms with Crippen molar-refractivity contribution >= 4 is 11.8 Å². The first kappa shape index (κ1) is 19.2. The van der Waals surface area contributed by atoms with Gasteiger partial charge in [0.05, 0.1) is 18.4 Å². The number of nitrogens with two attached hydrogens (primary N) is 1. The molecule has 0 unspecified atom stereocenters. The Morgan fingerprint density at radius 3 is 2.69 bits per heavy atom. The molecule has 1 aromatic carbocycles. The highest BCUT2D eigenvalue weighted by Gasteiger charge is 2.15. The second-order valence-electron chi connectivity index (χ2n) is 6.55. The summed E-state index contributed by atoms with van der Waals surface area (Å²) in [6.07, 6.45) is 4.71. The van der Waals surface area contributed by atoms with Crippen LogP contribution in [-0.4, -0.2) is 40.8 Å². The van der Waals surface area contributed by atoms with Gasteiger partial charge in [0.2, 0.25) is 11.0 Å². The maximum absolute atomic E-state index is 6.13. The second kappa shape index (κ2) is 8.91. The maximum Gasteiger partial charge on any atom is 0.210 e. The molecule has 29 heavy (non-hydrogen) atoms. The zero-order valence-corrected chi connectivity index (χ0v) is 16.9. The van der Waals surface area contributed by atoms with Crippen molar-refractivity contribution in [2.45, 2.75) is 37.9 Å². The summed E-state index contributed by atoms with van der Waals surface area (Å²) in [6.45, 7) is 2.63. The summed E-state index contributed by atoms with van der Waals surface area (Å²) < 4.78 is 6.83. The van der Waals surface area contributed by atoms with E-state index in [-0.39, 0.29) is 0 Å². The van der Waals surface area contributed by atoms with Crippen molar-refractivity contribution in [1.82, 2.24) is 35.1 Å². The molecule has 10 heteroatoms. The van der Waals surface area contributed by atoms with Crippen LogP contribution in [-0.2, 0) is 6.54 Å². The van der Waals surface area contributed by atoms with Gasteiger partial charge in [-0.05, 0) is 31.0 Å². The summed E-state index contributed by atoms with van der Waals surface area (Å²) in [4.78, 5) is 1.66. The fourth-order valence-electron chi connectivity index (χ4n) is 2.91. The Morgan fingerprint density at radius 2 is 1.90 bits per heavy atom. The number of hydrogen-bond donors (Lipinski definition) is 1. The monoisotopic (exact) mass is 410 g/mol. The van der Waals surface area contributed by atoms with E-state index in [4.69, 9.17) is 10.3 Å². The minimum atomic E-state index is 0.616. The van der Waals surface area contributed by atoms with Gasteiger partial charge in [-0.1, -0.05) is 48.5 Å². The predicted molar refractivity (Wildman–Crippen MR) is 110 cm³/mol. The topological polar surface area (TPSA) is 113 Å². The molecule has 0 saturated carbocycles. The molecule has 0 aliphatic heterocycles. The lowest BCUT2D eigenvalue weighted by Crippen LogP contribution is -2.11. The molecule has 4 rings (SSSR count). The van der Waals surface area contributed by atoms with Crippen LogP contribution in [0.2, 0.25) is 0 Å². The Kier molecular flexibility index (Phi) is 5.89. The molecule has 0 spiro atoms. The minimum Gasteiger partial charge on any atom is -0.469 e. The summed E-state index contributed by atoms with van der Waals surface area (Å²) in [5.74, 6) is 9.10. The number of unbranched alkanes of at least 4 members (excludes halogenated alkanes) is 2. The first-order valence-electron chi connectivity index (χ1n) is 9.43. The molecule has 0 bridgehead atoms. The van der Waals surface area contributed by atoms with E-state index in [0.717, 1.165) is 48.4 Å². The highest BCUT2D eigenvalue weighted by molar-refractivity contribution is 7.99. The van der Waals surface area contributed by atoms with E-state index in [2.05, 4.69) is 25.6 Å². The Labute approximate surface area is 172 Å². The van der Waals surface area contributed by atoms with Crippen LogP contribution in [0.5, 0.6) is 0 Å². The highest BCUT2D eigenvalue weighted by Crippen LogP contribution is 2.25. The number of nitrogens with zero attached hydrogens (tertiary/aromatic N) is 7. The molecule has 0 aliphatic carbocycles. The third kappa shape index (κ3) is 4.48. The van der Waals surface area contributed by atoms with Gasteiger partial charge < -0.3 is 10.3 Å². The van der Waals surface area contributed by atoms with Gasteiger partial charge in [0.1, 0.15) is 5.76 Å². The molecular formula is C19H22N8OS. The Morgan fingerprint density at radius 1 is 1.03 bits per heavy atom. The van der Waals surface area contributed by atoms with Crippen LogP contribution in [0, 0.1) is 6.92 Å². The molecule has 3 aromatic heterocycles. The lowest BCUT2D eigenvalue weighted by molar-refractivity contribution is 0.487. The number of thioether (sulfide) groups is 1. The average Bonchev–Trinajstić information content (AvgIpc) is 3.46. The zero-order chi connectivity index (χ0) is 20.1. The average molecular weight is 411 g/mol. The standard InChI is InChI=1S/C19H22N8OS/c1-14-16(10-12-28-14)18-22-23-19(27(18)20)29-13-7-3-6-11-26-24-17(21-25-26)15-8-4-2-5-9-15/h2,4-5,8-10,12H,3,6-7,11,13,20H2,1H3. The van der Waals surface area contributed by atoms with E-state index >= 15 is 0 Å². The molecule has 9 nitrogen and oxygen atoms in total. The number of nitrogen functional groups attached to an aromatic ring is 1. The fourth-order valence-corrected chi connectivity index (χ4v) is 3.77. The Balaban J connectivity index is 1.20. The zero-order valence-electron chi connectivity index (χ0n) is 16.1. The predicted octanol–water partition coefficient (Wildman–Crippen LogP) is 3.18. The normalized spacial score (nSPS) is 11.2. The van der Waals surface area contributed by atoms with E-state index in [1.54, 1.807) is 22.8 Å². The quantitative estimate of drug-likeness (QED) is 0.254. The molecule has 2 N–H and O–H groups in total. The molecular weight excluding hydrogens is 388 g/mol. The van der Waals surface area contributed by atoms with Gasteiger partial charge in [0.15, 0.2) is 5.82 Å². The van der Waals surface area contributed by atoms with Crippen LogP contribution in [0.25, 0.3) is 22.8 Å². The molecule has 4 aromatic rings. The molecule has 0 radical (unpaired) electrons. The SMILES string of the molecule is Cc1occc1-c1nnc(SCCCCCn2nnc(-c3ccccc3)n2)n1N. The lowest BCUT2D eigenvalue weighted by atomic mass is 10.2. The second-order valence-corrected chi connectivity index (χ2v) is 7.61. The summed E-state index contributed by atoms with van der Waals surface area (Å²) in [5, 5.41) is 21.8. The number of rotatable bonds is 9. The summed E-state index contributed by atoms with van der Waals surface area (Å²) >= 11 is 1.60. The highest BCUT2D eigenvalue weighted by atomic mass is 32.2. The van der Waals surface area contributed by atoms with Gasteiger partial charge in [-0.15, -0.1) is 20.4 Å². The number of hydrogen-bond acceptors (Lipinski definition) is 8. The van der Waals surface area contributed by atoms with E-state index < -0.39 is 0 Å². The summed E-state index contributed by atoms with van der Waals surface area (Å²) in [5.41, 5.74) is 1.84. The van der Waals surface area contributed by atoms with Crippen LogP contribution < -0.4 is 5.84 Å². The van der Waals surface area contributed by atoms with Crippen LogP contribution in [0.4, 0.5) is 0 Å². The lowest BCUT2D eigenvalue weighted by Gasteiger charge is -2.03. The maximum atomic E-state index is 6.13. The smallest absolute Gasteiger partial charge is 0.210 e. The third-order valence-corrected chi connectivity index (χ3v) is 5.51. The van der Waals surface area contributed by atoms with Crippen LogP contribution in [0.1, 0.15) is 25.0 Å². The largest absolute Gasteiger partial charge is 0.469 e. The van der Waals surface area contributed by atoms with Crippen molar-refractivity contribution in [3.05, 3.63) is 48.4 Å². The van der Waals surface area contributed by atoms with Crippen LogP contribution in [0.15, 0.2) is 52.2 Å². The first-order chi connectivity index (χ1) is 14.2. The number of furan rings is 1.